The molecule has 4 rings (SSSR count). The van der Waals surface area contributed by atoms with Crippen LogP contribution in [-0.2, 0) is 9.53 Å². The van der Waals surface area contributed by atoms with Crippen molar-refractivity contribution in [2.75, 3.05) is 6.61 Å². The lowest BCUT2D eigenvalue weighted by Crippen LogP contribution is -2.51. The van der Waals surface area contributed by atoms with Crippen molar-refractivity contribution in [3.05, 3.63) is 23.3 Å². The number of allylic oxidation sites excluding steroid dienone is 2. The van der Waals surface area contributed by atoms with Crippen molar-refractivity contribution in [3.8, 4) is 0 Å². The lowest BCUT2D eigenvalue weighted by Gasteiger charge is -2.57. The smallest absolute Gasteiger partial charge is 0.192 e. The summed E-state index contributed by atoms with van der Waals surface area (Å²) in [6.45, 7) is 9.07. The molecule has 3 aliphatic carbocycles. The fourth-order valence-electron chi connectivity index (χ4n) is 6.52. The lowest BCUT2D eigenvalue weighted by molar-refractivity contribution is -0.117. The third kappa shape index (κ3) is 2.42. The van der Waals surface area contributed by atoms with Crippen LogP contribution in [0.2, 0.25) is 0 Å². The first-order valence-electron chi connectivity index (χ1n) is 10.0. The Balaban J connectivity index is 1.66. The van der Waals surface area contributed by atoms with Gasteiger partial charge in [0.15, 0.2) is 11.9 Å². The maximum Gasteiger partial charge on any atom is 0.192 e. The first-order chi connectivity index (χ1) is 12.2. The average molecular weight is 360 g/mol. The zero-order valence-electron chi connectivity index (χ0n) is 16.4. The molecule has 0 aromatic rings. The van der Waals surface area contributed by atoms with Crippen LogP contribution in [0, 0.1) is 22.7 Å². The first-order valence-corrected chi connectivity index (χ1v) is 10.0. The van der Waals surface area contributed by atoms with Gasteiger partial charge in [0.1, 0.15) is 11.7 Å². The van der Waals surface area contributed by atoms with E-state index in [1.165, 1.54) is 30.9 Å². The highest BCUT2D eigenvalue weighted by atomic mass is 16.6. The van der Waals surface area contributed by atoms with E-state index in [1.54, 1.807) is 0 Å². The van der Waals surface area contributed by atoms with E-state index in [4.69, 9.17) is 4.74 Å². The van der Waals surface area contributed by atoms with Gasteiger partial charge >= 0.3 is 0 Å². The highest BCUT2D eigenvalue weighted by Crippen LogP contribution is 2.63. The molecule has 4 nitrogen and oxygen atoms in total. The van der Waals surface area contributed by atoms with E-state index >= 15 is 0 Å². The fourth-order valence-corrected chi connectivity index (χ4v) is 6.52. The summed E-state index contributed by atoms with van der Waals surface area (Å²) in [5.74, 6) is 0.782. The minimum atomic E-state index is -0.819. The van der Waals surface area contributed by atoms with Crippen molar-refractivity contribution in [2.45, 2.75) is 77.6 Å². The Kier molecular flexibility index (Phi) is 4.08. The summed E-state index contributed by atoms with van der Waals surface area (Å²) in [4.78, 5) is 12.5. The third-order valence-corrected chi connectivity index (χ3v) is 8.13. The van der Waals surface area contributed by atoms with Gasteiger partial charge in [0.2, 0.25) is 0 Å². The second-order valence-corrected chi connectivity index (χ2v) is 9.95. The van der Waals surface area contributed by atoms with Crippen LogP contribution in [0.15, 0.2) is 23.3 Å². The Bertz CT molecular complexity index is 690. The minimum absolute atomic E-state index is 0.152. The molecule has 1 aliphatic heterocycles. The highest BCUT2D eigenvalue weighted by molar-refractivity contribution is 6.03. The third-order valence-electron chi connectivity index (χ3n) is 8.13. The topological polar surface area (TPSA) is 70.1 Å². The van der Waals surface area contributed by atoms with Gasteiger partial charge in [0, 0.05) is 5.57 Å². The standard InChI is InChI=1S/C22H32O4/c1-13-6-7-16-20(2,3)8-5-9-21(16,4)15(13)11-22-17(24)10-14(12-23)18(25)19(22)26-22/h6,10,15-17,19,23-24H,5,7-9,11-12H2,1-4H3/t15-,16-,17+,19+,21+,22-/m0/s1. The van der Waals surface area contributed by atoms with Crippen molar-refractivity contribution in [1.29, 1.82) is 0 Å². The molecule has 2 fully saturated rings. The average Bonchev–Trinajstić information content (AvgIpc) is 3.30. The molecule has 0 unspecified atom stereocenters. The number of aliphatic hydroxyl groups is 2. The summed E-state index contributed by atoms with van der Waals surface area (Å²) < 4.78 is 5.86. The molecule has 0 aromatic carbocycles. The van der Waals surface area contributed by atoms with Crippen LogP contribution in [0.4, 0.5) is 0 Å². The van der Waals surface area contributed by atoms with Crippen molar-refractivity contribution in [3.63, 3.8) is 0 Å². The van der Waals surface area contributed by atoms with E-state index in [-0.39, 0.29) is 23.4 Å². The van der Waals surface area contributed by atoms with E-state index in [0.29, 0.717) is 23.7 Å². The number of rotatable bonds is 3. The minimum Gasteiger partial charge on any atom is -0.392 e. The fraction of sp³-hybridized carbons (Fsp3) is 0.773. The number of ether oxygens (including phenoxy) is 1. The molecule has 0 amide bonds. The molecule has 4 aliphatic rings. The summed E-state index contributed by atoms with van der Waals surface area (Å²) in [5, 5.41) is 20.1. The lowest BCUT2D eigenvalue weighted by atomic mass is 9.47. The highest BCUT2D eigenvalue weighted by Gasteiger charge is 2.68. The number of carbonyl (C=O) groups excluding carboxylic acids is 1. The Morgan fingerprint density at radius 1 is 1.27 bits per heavy atom. The van der Waals surface area contributed by atoms with Crippen LogP contribution in [0.3, 0.4) is 0 Å². The number of Topliss-reactive ketones (excluding diaryl/α,β-unsaturated/α-hetero) is 1. The summed E-state index contributed by atoms with van der Waals surface area (Å²) in [5.41, 5.74) is 1.36. The number of hydrogen-bond donors (Lipinski definition) is 2. The molecule has 2 N–H and O–H groups in total. The number of carbonyl (C=O) groups is 1. The van der Waals surface area contributed by atoms with Gasteiger partial charge in [-0.15, -0.1) is 0 Å². The molecule has 0 radical (unpaired) electrons. The number of aliphatic hydroxyl groups excluding tert-OH is 2. The summed E-state index contributed by atoms with van der Waals surface area (Å²) in [7, 11) is 0. The van der Waals surface area contributed by atoms with Gasteiger partial charge < -0.3 is 14.9 Å². The predicted octanol–water partition coefficient (Wildman–Crippen LogP) is 3.18. The predicted molar refractivity (Wildman–Crippen MR) is 99.5 cm³/mol. The summed E-state index contributed by atoms with van der Waals surface area (Å²) in [6, 6.07) is 0. The molecule has 1 heterocycles. The second kappa shape index (κ2) is 5.76. The number of fused-ring (bicyclic) bond motifs is 2. The molecule has 4 heteroatoms. The van der Waals surface area contributed by atoms with Gasteiger partial charge in [-0.25, -0.2) is 0 Å². The van der Waals surface area contributed by atoms with Crippen LogP contribution in [0.25, 0.3) is 0 Å². The zero-order chi connectivity index (χ0) is 18.9. The van der Waals surface area contributed by atoms with Gasteiger partial charge in [-0.05, 0) is 61.3 Å². The van der Waals surface area contributed by atoms with Crippen molar-refractivity contribution in [2.24, 2.45) is 22.7 Å². The first kappa shape index (κ1) is 18.4. The molecule has 0 spiro atoms. The molecule has 1 saturated heterocycles. The molecule has 0 aromatic heterocycles. The maximum absolute atomic E-state index is 12.5. The van der Waals surface area contributed by atoms with E-state index in [2.05, 4.69) is 33.8 Å². The molecule has 6 atom stereocenters. The Morgan fingerprint density at radius 2 is 2.00 bits per heavy atom. The number of epoxide rings is 1. The van der Waals surface area contributed by atoms with Crippen molar-refractivity contribution >= 4 is 5.78 Å². The Morgan fingerprint density at radius 3 is 2.69 bits per heavy atom. The van der Waals surface area contributed by atoms with Crippen LogP contribution >= 0.6 is 0 Å². The normalized spacial score (nSPS) is 46.8. The van der Waals surface area contributed by atoms with Gasteiger partial charge in [-0.3, -0.25) is 4.79 Å². The number of hydrogen-bond acceptors (Lipinski definition) is 4. The summed E-state index contributed by atoms with van der Waals surface area (Å²) >= 11 is 0. The molecular weight excluding hydrogens is 328 g/mol. The van der Waals surface area contributed by atoms with Crippen LogP contribution in [0.1, 0.15) is 59.8 Å². The van der Waals surface area contributed by atoms with E-state index < -0.39 is 17.8 Å². The maximum atomic E-state index is 12.5. The molecular formula is C22H32O4. The van der Waals surface area contributed by atoms with E-state index in [1.807, 2.05) is 0 Å². The van der Waals surface area contributed by atoms with Crippen molar-refractivity contribution in [1.82, 2.24) is 0 Å². The monoisotopic (exact) mass is 360 g/mol. The Hall–Kier alpha value is -0.970. The summed E-state index contributed by atoms with van der Waals surface area (Å²) in [6.07, 6.45) is 7.99. The van der Waals surface area contributed by atoms with Gasteiger partial charge in [0.25, 0.3) is 0 Å². The largest absolute Gasteiger partial charge is 0.392 e. The molecule has 144 valence electrons. The number of ketones is 1. The zero-order valence-corrected chi connectivity index (χ0v) is 16.4. The SMILES string of the molecule is CC1=CC[C@H]2C(C)(C)CCC[C@]2(C)[C@H]1C[C@@]12O[C@@H]1C(=O)C(CO)=C[C@H]2O. The van der Waals surface area contributed by atoms with Gasteiger partial charge in [0.05, 0.1) is 6.61 Å². The molecule has 1 saturated carbocycles. The van der Waals surface area contributed by atoms with Gasteiger partial charge in [-0.2, -0.15) is 0 Å². The molecule has 26 heavy (non-hydrogen) atoms. The Labute approximate surface area is 156 Å². The van der Waals surface area contributed by atoms with Crippen LogP contribution in [-0.4, -0.2) is 40.4 Å². The van der Waals surface area contributed by atoms with E-state index in [0.717, 1.165) is 6.42 Å². The van der Waals surface area contributed by atoms with Crippen molar-refractivity contribution < 1.29 is 19.7 Å². The van der Waals surface area contributed by atoms with Crippen LogP contribution < -0.4 is 0 Å². The molecule has 0 bridgehead atoms. The second-order valence-electron chi connectivity index (χ2n) is 9.95. The van der Waals surface area contributed by atoms with Gasteiger partial charge in [-0.1, -0.05) is 38.8 Å². The quantitative estimate of drug-likeness (QED) is 0.599. The van der Waals surface area contributed by atoms with Crippen LogP contribution in [0.5, 0.6) is 0 Å². The van der Waals surface area contributed by atoms with E-state index in [9.17, 15) is 15.0 Å².